The average Bonchev–Trinajstić information content (AvgIpc) is 2.45. The van der Waals surface area contributed by atoms with E-state index in [-0.39, 0.29) is 0 Å². The Labute approximate surface area is 117 Å². The van der Waals surface area contributed by atoms with E-state index in [0.717, 1.165) is 13.1 Å². The lowest BCUT2D eigenvalue weighted by Crippen LogP contribution is -2.51. The molecule has 0 spiro atoms. The van der Waals surface area contributed by atoms with Gasteiger partial charge in [-0.1, -0.05) is 13.0 Å². The van der Waals surface area contributed by atoms with Crippen LogP contribution in [0.1, 0.15) is 45.1 Å². The molecule has 3 heteroatoms. The Kier molecular flexibility index (Phi) is 5.20. The molecule has 3 nitrogen and oxygen atoms in total. The molecule has 2 rings (SSSR count). The Morgan fingerprint density at radius 2 is 2.32 bits per heavy atom. The smallest absolute Gasteiger partial charge is 0.131 e. The molecule has 0 aliphatic carbocycles. The minimum absolute atomic E-state index is 0.529. The highest BCUT2D eigenvalue weighted by Gasteiger charge is 2.28. The van der Waals surface area contributed by atoms with Gasteiger partial charge < -0.3 is 10.2 Å². The molecule has 0 bridgehead atoms. The quantitative estimate of drug-likeness (QED) is 0.882. The van der Waals surface area contributed by atoms with Gasteiger partial charge >= 0.3 is 0 Å². The van der Waals surface area contributed by atoms with Crippen LogP contribution in [0.3, 0.4) is 0 Å². The molecule has 2 unspecified atom stereocenters. The van der Waals surface area contributed by atoms with Gasteiger partial charge in [-0.3, -0.25) is 0 Å². The molecule has 2 heterocycles. The standard InChI is InChI=1S/C16H27N3/c1-4-10-17-14(3)15-9-5-6-12-19(15)16-13(2)8-7-11-18-16/h7-8,11,14-15,17H,4-6,9-10,12H2,1-3H3. The minimum atomic E-state index is 0.529. The summed E-state index contributed by atoms with van der Waals surface area (Å²) in [4.78, 5) is 7.13. The lowest BCUT2D eigenvalue weighted by molar-refractivity contribution is 0.366. The Hall–Kier alpha value is -1.09. The summed E-state index contributed by atoms with van der Waals surface area (Å²) < 4.78 is 0. The van der Waals surface area contributed by atoms with E-state index in [2.05, 4.69) is 42.0 Å². The van der Waals surface area contributed by atoms with Crippen molar-refractivity contribution in [1.82, 2.24) is 10.3 Å². The summed E-state index contributed by atoms with van der Waals surface area (Å²) in [5, 5.41) is 3.65. The summed E-state index contributed by atoms with van der Waals surface area (Å²) in [5.41, 5.74) is 1.29. The highest BCUT2D eigenvalue weighted by Crippen LogP contribution is 2.27. The number of aromatic nitrogens is 1. The van der Waals surface area contributed by atoms with Crippen molar-refractivity contribution in [1.29, 1.82) is 0 Å². The van der Waals surface area contributed by atoms with Gasteiger partial charge in [0.1, 0.15) is 5.82 Å². The number of aryl methyl sites for hydroxylation is 1. The first-order valence-corrected chi connectivity index (χ1v) is 7.65. The fraction of sp³-hybridized carbons (Fsp3) is 0.688. The van der Waals surface area contributed by atoms with Gasteiger partial charge in [0.25, 0.3) is 0 Å². The van der Waals surface area contributed by atoms with Crippen LogP contribution in [0.2, 0.25) is 0 Å². The third kappa shape index (κ3) is 3.47. The lowest BCUT2D eigenvalue weighted by atomic mass is 9.96. The first-order chi connectivity index (χ1) is 9.24. The van der Waals surface area contributed by atoms with Gasteiger partial charge in [0.05, 0.1) is 0 Å². The molecule has 0 radical (unpaired) electrons. The monoisotopic (exact) mass is 261 g/mol. The Morgan fingerprint density at radius 3 is 3.05 bits per heavy atom. The van der Waals surface area contributed by atoms with Gasteiger partial charge in [-0.2, -0.15) is 0 Å². The maximum atomic E-state index is 4.61. The molecule has 1 aliphatic rings. The van der Waals surface area contributed by atoms with Crippen LogP contribution in [0.15, 0.2) is 18.3 Å². The van der Waals surface area contributed by atoms with Crippen molar-refractivity contribution in [2.45, 2.75) is 58.5 Å². The van der Waals surface area contributed by atoms with Gasteiger partial charge in [0.15, 0.2) is 0 Å². The van der Waals surface area contributed by atoms with Crippen LogP contribution in [0.4, 0.5) is 5.82 Å². The zero-order chi connectivity index (χ0) is 13.7. The minimum Gasteiger partial charge on any atom is -0.352 e. The van der Waals surface area contributed by atoms with E-state index in [0.29, 0.717) is 12.1 Å². The molecule has 0 aromatic carbocycles. The molecular weight excluding hydrogens is 234 g/mol. The van der Waals surface area contributed by atoms with Gasteiger partial charge in [-0.05, 0) is 57.7 Å². The summed E-state index contributed by atoms with van der Waals surface area (Å²) in [6.07, 6.45) is 7.00. The zero-order valence-corrected chi connectivity index (χ0v) is 12.5. The average molecular weight is 261 g/mol. The summed E-state index contributed by atoms with van der Waals surface area (Å²) in [6.45, 7) is 8.95. The molecule has 1 fully saturated rings. The summed E-state index contributed by atoms with van der Waals surface area (Å²) >= 11 is 0. The first-order valence-electron chi connectivity index (χ1n) is 7.65. The van der Waals surface area contributed by atoms with E-state index in [1.54, 1.807) is 0 Å². The SMILES string of the molecule is CCCNC(C)C1CCCCN1c1ncccc1C. The van der Waals surface area contributed by atoms with E-state index in [1.165, 1.54) is 37.1 Å². The van der Waals surface area contributed by atoms with Gasteiger partial charge in [0, 0.05) is 24.8 Å². The molecule has 0 saturated carbocycles. The van der Waals surface area contributed by atoms with Crippen LogP contribution in [0.5, 0.6) is 0 Å². The molecule has 2 atom stereocenters. The largest absolute Gasteiger partial charge is 0.352 e. The Bertz CT molecular complexity index is 391. The number of nitrogens with one attached hydrogen (secondary N) is 1. The second-order valence-corrected chi connectivity index (χ2v) is 5.64. The van der Waals surface area contributed by atoms with Crippen LogP contribution < -0.4 is 10.2 Å². The zero-order valence-electron chi connectivity index (χ0n) is 12.5. The van der Waals surface area contributed by atoms with E-state index in [4.69, 9.17) is 0 Å². The lowest BCUT2D eigenvalue weighted by Gasteiger charge is -2.41. The highest BCUT2D eigenvalue weighted by atomic mass is 15.2. The van der Waals surface area contributed by atoms with Gasteiger partial charge in [-0.15, -0.1) is 0 Å². The molecule has 0 amide bonds. The summed E-state index contributed by atoms with van der Waals surface area (Å²) in [5.74, 6) is 1.18. The van der Waals surface area contributed by atoms with Crippen LogP contribution >= 0.6 is 0 Å². The summed E-state index contributed by atoms with van der Waals surface area (Å²) in [7, 11) is 0. The van der Waals surface area contributed by atoms with Crippen LogP contribution in [-0.4, -0.2) is 30.2 Å². The molecule has 1 aromatic rings. The van der Waals surface area contributed by atoms with Crippen molar-refractivity contribution in [3.63, 3.8) is 0 Å². The van der Waals surface area contributed by atoms with E-state index < -0.39 is 0 Å². The van der Waals surface area contributed by atoms with E-state index in [9.17, 15) is 0 Å². The predicted molar refractivity (Wildman–Crippen MR) is 81.7 cm³/mol. The summed E-state index contributed by atoms with van der Waals surface area (Å²) in [6, 6.07) is 5.30. The molecule has 1 aliphatic heterocycles. The molecule has 1 aromatic heterocycles. The normalized spacial score (nSPS) is 21.4. The fourth-order valence-corrected chi connectivity index (χ4v) is 3.03. The fourth-order valence-electron chi connectivity index (χ4n) is 3.03. The van der Waals surface area contributed by atoms with Crippen molar-refractivity contribution in [2.24, 2.45) is 0 Å². The Morgan fingerprint density at radius 1 is 1.47 bits per heavy atom. The molecule has 19 heavy (non-hydrogen) atoms. The predicted octanol–water partition coefficient (Wildman–Crippen LogP) is 3.14. The molecule has 1 N–H and O–H groups in total. The number of nitrogens with zero attached hydrogens (tertiary/aromatic N) is 2. The van der Waals surface area contributed by atoms with Crippen LogP contribution in [-0.2, 0) is 0 Å². The highest BCUT2D eigenvalue weighted by molar-refractivity contribution is 5.47. The second kappa shape index (κ2) is 6.90. The van der Waals surface area contributed by atoms with Crippen molar-refractivity contribution >= 4 is 5.82 Å². The number of anilines is 1. The number of hydrogen-bond acceptors (Lipinski definition) is 3. The topological polar surface area (TPSA) is 28.2 Å². The number of hydrogen-bond donors (Lipinski definition) is 1. The maximum Gasteiger partial charge on any atom is 0.131 e. The third-order valence-electron chi connectivity index (χ3n) is 4.10. The first kappa shape index (κ1) is 14.3. The van der Waals surface area contributed by atoms with Gasteiger partial charge in [-0.25, -0.2) is 4.98 Å². The third-order valence-corrected chi connectivity index (χ3v) is 4.10. The second-order valence-electron chi connectivity index (χ2n) is 5.64. The van der Waals surface area contributed by atoms with E-state index in [1.807, 2.05) is 12.3 Å². The van der Waals surface area contributed by atoms with Crippen molar-refractivity contribution < 1.29 is 0 Å². The van der Waals surface area contributed by atoms with Gasteiger partial charge in [0.2, 0.25) is 0 Å². The number of rotatable bonds is 5. The van der Waals surface area contributed by atoms with Crippen molar-refractivity contribution in [2.75, 3.05) is 18.0 Å². The Balaban J connectivity index is 2.14. The van der Waals surface area contributed by atoms with Crippen molar-refractivity contribution in [3.05, 3.63) is 23.9 Å². The number of piperidine rings is 1. The van der Waals surface area contributed by atoms with Crippen LogP contribution in [0.25, 0.3) is 0 Å². The van der Waals surface area contributed by atoms with Crippen LogP contribution in [0, 0.1) is 6.92 Å². The van der Waals surface area contributed by atoms with Crippen molar-refractivity contribution in [3.8, 4) is 0 Å². The maximum absolute atomic E-state index is 4.61. The molecule has 106 valence electrons. The number of pyridine rings is 1. The van der Waals surface area contributed by atoms with E-state index >= 15 is 0 Å². The molecular formula is C16H27N3. The molecule has 1 saturated heterocycles.